The van der Waals surface area contributed by atoms with Crippen molar-refractivity contribution in [1.82, 2.24) is 0 Å². The molecule has 18 heavy (non-hydrogen) atoms. The van der Waals surface area contributed by atoms with Crippen molar-refractivity contribution in [1.29, 1.82) is 0 Å². The van der Waals surface area contributed by atoms with E-state index in [1.807, 2.05) is 0 Å². The molecule has 2 aromatic rings. The maximum atomic E-state index is 6.45. The van der Waals surface area contributed by atoms with E-state index >= 15 is 0 Å². The van der Waals surface area contributed by atoms with Crippen LogP contribution in [0.4, 0.5) is 0 Å². The molecule has 0 N–H and O–H groups in total. The summed E-state index contributed by atoms with van der Waals surface area (Å²) in [7, 11) is 0. The van der Waals surface area contributed by atoms with E-state index in [4.69, 9.17) is 11.6 Å². The van der Waals surface area contributed by atoms with E-state index < -0.39 is 0 Å². The van der Waals surface area contributed by atoms with Crippen LogP contribution in [0.5, 0.6) is 0 Å². The van der Waals surface area contributed by atoms with Crippen molar-refractivity contribution in [3.8, 4) is 0 Å². The molecule has 1 heteroatoms. The first-order chi connectivity index (χ1) is 8.44. The first kappa shape index (κ1) is 13.4. The Labute approximate surface area is 115 Å². The van der Waals surface area contributed by atoms with Crippen molar-refractivity contribution in [3.63, 3.8) is 0 Å². The second-order valence-electron chi connectivity index (χ2n) is 6.25. The molecule has 1 atom stereocenters. The van der Waals surface area contributed by atoms with Crippen LogP contribution in [0, 0.1) is 5.41 Å². The van der Waals surface area contributed by atoms with E-state index in [0.29, 0.717) is 5.41 Å². The summed E-state index contributed by atoms with van der Waals surface area (Å²) < 4.78 is 0. The average molecular weight is 261 g/mol. The fourth-order valence-electron chi connectivity index (χ4n) is 2.36. The van der Waals surface area contributed by atoms with Crippen LogP contribution in [0.2, 0.25) is 0 Å². The van der Waals surface area contributed by atoms with Crippen molar-refractivity contribution in [2.24, 2.45) is 5.41 Å². The molecule has 0 spiro atoms. The van der Waals surface area contributed by atoms with Crippen LogP contribution in [0.25, 0.3) is 10.8 Å². The maximum Gasteiger partial charge on any atom is 0.0381 e. The van der Waals surface area contributed by atoms with E-state index in [0.717, 1.165) is 12.8 Å². The molecule has 0 fully saturated rings. The molecule has 0 aromatic heterocycles. The van der Waals surface area contributed by atoms with Gasteiger partial charge >= 0.3 is 0 Å². The van der Waals surface area contributed by atoms with Gasteiger partial charge in [0.15, 0.2) is 0 Å². The minimum Gasteiger partial charge on any atom is -0.123 e. The quantitative estimate of drug-likeness (QED) is 0.646. The molecule has 2 aromatic carbocycles. The fourth-order valence-corrected chi connectivity index (χ4v) is 3.00. The molecule has 0 amide bonds. The summed E-state index contributed by atoms with van der Waals surface area (Å²) in [6.07, 6.45) is 1.99. The molecule has 1 unspecified atom stereocenters. The van der Waals surface area contributed by atoms with Crippen LogP contribution in [-0.2, 0) is 6.42 Å². The zero-order valence-corrected chi connectivity index (χ0v) is 12.2. The summed E-state index contributed by atoms with van der Waals surface area (Å²) >= 11 is 6.45. The molecular formula is C17H21Cl. The molecule has 0 aliphatic rings. The number of alkyl halides is 1. The molecule has 0 bridgehead atoms. The maximum absolute atomic E-state index is 6.45. The van der Waals surface area contributed by atoms with Gasteiger partial charge in [-0.05, 0) is 34.6 Å². The Kier molecular flexibility index (Phi) is 3.97. The highest BCUT2D eigenvalue weighted by molar-refractivity contribution is 6.20. The van der Waals surface area contributed by atoms with Gasteiger partial charge in [-0.2, -0.15) is 0 Å². The molecule has 0 nitrogen and oxygen atoms in total. The van der Waals surface area contributed by atoms with Gasteiger partial charge in [0, 0.05) is 5.38 Å². The van der Waals surface area contributed by atoms with E-state index in [-0.39, 0.29) is 5.38 Å². The fraction of sp³-hybridized carbons (Fsp3) is 0.412. The summed E-state index contributed by atoms with van der Waals surface area (Å²) in [5.74, 6) is 0. The van der Waals surface area contributed by atoms with Crippen LogP contribution in [0.3, 0.4) is 0 Å². The molecular weight excluding hydrogens is 240 g/mol. The minimum absolute atomic E-state index is 0.214. The Bertz CT molecular complexity index is 522. The number of rotatable bonds is 3. The summed E-state index contributed by atoms with van der Waals surface area (Å²) in [5.41, 5.74) is 1.63. The highest BCUT2D eigenvalue weighted by Crippen LogP contribution is 2.26. The minimum atomic E-state index is 0.214. The van der Waals surface area contributed by atoms with E-state index in [2.05, 4.69) is 63.2 Å². The number of hydrogen-bond donors (Lipinski definition) is 0. The van der Waals surface area contributed by atoms with Crippen molar-refractivity contribution < 1.29 is 0 Å². The SMILES string of the molecule is CC(C)(C)CC(Cl)Cc1ccc2ccccc2c1. The van der Waals surface area contributed by atoms with Crippen molar-refractivity contribution >= 4 is 22.4 Å². The van der Waals surface area contributed by atoms with Gasteiger partial charge in [-0.25, -0.2) is 0 Å². The lowest BCUT2D eigenvalue weighted by atomic mass is 9.88. The summed E-state index contributed by atoms with van der Waals surface area (Å²) in [6, 6.07) is 15.1. The largest absolute Gasteiger partial charge is 0.123 e. The van der Waals surface area contributed by atoms with E-state index in [9.17, 15) is 0 Å². The number of fused-ring (bicyclic) bond motifs is 1. The number of hydrogen-bond acceptors (Lipinski definition) is 0. The third-order valence-electron chi connectivity index (χ3n) is 3.10. The lowest BCUT2D eigenvalue weighted by molar-refractivity contribution is 0.369. The molecule has 0 radical (unpaired) electrons. The van der Waals surface area contributed by atoms with Gasteiger partial charge < -0.3 is 0 Å². The smallest absolute Gasteiger partial charge is 0.0381 e. The number of halogens is 1. The zero-order valence-electron chi connectivity index (χ0n) is 11.4. The van der Waals surface area contributed by atoms with Gasteiger partial charge in [-0.1, -0.05) is 63.2 Å². The van der Waals surface area contributed by atoms with Crippen LogP contribution in [0.15, 0.2) is 42.5 Å². The molecule has 0 aliphatic heterocycles. The first-order valence-electron chi connectivity index (χ1n) is 6.56. The predicted molar refractivity (Wildman–Crippen MR) is 81.4 cm³/mol. The number of benzene rings is 2. The standard InChI is InChI=1S/C17H21Cl/c1-17(2,3)12-16(18)11-13-8-9-14-6-4-5-7-15(14)10-13/h4-10,16H,11-12H2,1-3H3. The topological polar surface area (TPSA) is 0 Å². The first-order valence-corrected chi connectivity index (χ1v) is 6.99. The molecule has 0 saturated carbocycles. The Balaban J connectivity index is 2.12. The van der Waals surface area contributed by atoms with Crippen LogP contribution >= 0.6 is 11.6 Å². The average Bonchev–Trinajstić information content (AvgIpc) is 2.26. The van der Waals surface area contributed by atoms with Gasteiger partial charge in [0.2, 0.25) is 0 Å². The monoisotopic (exact) mass is 260 g/mol. The third kappa shape index (κ3) is 3.74. The molecule has 0 aliphatic carbocycles. The highest BCUT2D eigenvalue weighted by atomic mass is 35.5. The summed E-state index contributed by atoms with van der Waals surface area (Å²) in [5, 5.41) is 2.81. The molecule has 0 heterocycles. The Morgan fingerprint density at radius 2 is 1.67 bits per heavy atom. The zero-order chi connectivity index (χ0) is 13.2. The van der Waals surface area contributed by atoms with Crippen molar-refractivity contribution in [2.75, 3.05) is 0 Å². The Morgan fingerprint density at radius 1 is 1.00 bits per heavy atom. The van der Waals surface area contributed by atoms with Crippen LogP contribution < -0.4 is 0 Å². The van der Waals surface area contributed by atoms with Gasteiger partial charge in [0.25, 0.3) is 0 Å². The van der Waals surface area contributed by atoms with Gasteiger partial charge in [-0.15, -0.1) is 11.6 Å². The summed E-state index contributed by atoms with van der Waals surface area (Å²) in [6.45, 7) is 6.72. The normalized spacial score (nSPS) is 13.8. The second kappa shape index (κ2) is 5.32. The van der Waals surface area contributed by atoms with Gasteiger partial charge in [0.05, 0.1) is 0 Å². The Morgan fingerprint density at radius 3 is 2.33 bits per heavy atom. The molecule has 96 valence electrons. The Hall–Kier alpha value is -1.01. The van der Waals surface area contributed by atoms with Gasteiger partial charge in [-0.3, -0.25) is 0 Å². The van der Waals surface area contributed by atoms with Crippen molar-refractivity contribution in [2.45, 2.75) is 39.0 Å². The van der Waals surface area contributed by atoms with E-state index in [1.54, 1.807) is 0 Å². The lowest BCUT2D eigenvalue weighted by Gasteiger charge is -2.21. The van der Waals surface area contributed by atoms with Crippen LogP contribution in [-0.4, -0.2) is 5.38 Å². The molecule has 2 rings (SSSR count). The predicted octanol–water partition coefficient (Wildman–Crippen LogP) is 5.43. The highest BCUT2D eigenvalue weighted by Gasteiger charge is 2.17. The second-order valence-corrected chi connectivity index (χ2v) is 6.86. The van der Waals surface area contributed by atoms with Crippen molar-refractivity contribution in [3.05, 3.63) is 48.0 Å². The van der Waals surface area contributed by atoms with Crippen LogP contribution in [0.1, 0.15) is 32.8 Å². The summed E-state index contributed by atoms with van der Waals surface area (Å²) in [4.78, 5) is 0. The lowest BCUT2D eigenvalue weighted by Crippen LogP contribution is -2.15. The third-order valence-corrected chi connectivity index (χ3v) is 3.41. The van der Waals surface area contributed by atoms with E-state index in [1.165, 1.54) is 16.3 Å². The van der Waals surface area contributed by atoms with Gasteiger partial charge in [0.1, 0.15) is 0 Å². The molecule has 0 saturated heterocycles.